The molecule has 0 bridgehead atoms. The number of rotatable bonds is 13. The van der Waals surface area contributed by atoms with E-state index in [2.05, 4.69) is 6.08 Å². The van der Waals surface area contributed by atoms with E-state index in [9.17, 15) is 9.90 Å². The van der Waals surface area contributed by atoms with Gasteiger partial charge in [-0.15, -0.1) is 0 Å². The second-order valence-corrected chi connectivity index (χ2v) is 8.28. The Kier molecular flexibility index (Phi) is 11.3. The van der Waals surface area contributed by atoms with E-state index in [0.29, 0.717) is 6.42 Å². The van der Waals surface area contributed by atoms with Crippen LogP contribution < -0.4 is 9.20 Å². The average Bonchev–Trinajstić information content (AvgIpc) is 2.59. The third kappa shape index (κ3) is 9.11. The van der Waals surface area contributed by atoms with Crippen LogP contribution in [0.4, 0.5) is 0 Å². The van der Waals surface area contributed by atoms with E-state index in [1.54, 1.807) is 7.11 Å². The van der Waals surface area contributed by atoms with Gasteiger partial charge in [0, 0.05) is 0 Å². The summed E-state index contributed by atoms with van der Waals surface area (Å²) >= 11 is -0.0905. The number of aliphatic carboxylic acids is 1. The van der Waals surface area contributed by atoms with Gasteiger partial charge in [0.1, 0.15) is 0 Å². The Labute approximate surface area is 151 Å². The fourth-order valence-corrected chi connectivity index (χ4v) is 4.21. The van der Waals surface area contributed by atoms with Crippen molar-refractivity contribution < 1.29 is 19.7 Å². The fraction of sp³-hybridized carbons (Fsp3) is 0.526. The van der Waals surface area contributed by atoms with E-state index in [1.807, 2.05) is 30.3 Å². The molecule has 1 aromatic carbocycles. The van der Waals surface area contributed by atoms with Crippen LogP contribution in [-0.4, -0.2) is 44.9 Å². The fourth-order valence-electron chi connectivity index (χ4n) is 2.26. The van der Waals surface area contributed by atoms with Gasteiger partial charge < -0.3 is 0 Å². The van der Waals surface area contributed by atoms with Crippen molar-refractivity contribution in [3.63, 3.8) is 0 Å². The van der Waals surface area contributed by atoms with E-state index >= 15 is 0 Å². The average molecular weight is 399 g/mol. The van der Waals surface area contributed by atoms with Gasteiger partial charge in [-0.05, 0) is 0 Å². The molecule has 0 aromatic heterocycles. The number of carboxylic acid groups (broad SMARTS) is 1. The number of aliphatic hydroxyl groups excluding tert-OH is 1. The topological polar surface area (TPSA) is 66.8 Å². The normalized spacial score (nSPS) is 12.4. The Hall–Kier alpha value is -1.29. The Bertz CT molecular complexity index is 485. The van der Waals surface area contributed by atoms with Crippen molar-refractivity contribution in [1.82, 2.24) is 0 Å². The van der Waals surface area contributed by atoms with Crippen LogP contribution in [0.3, 0.4) is 0 Å². The molecule has 0 amide bonds. The number of methoxy groups -OCH3 is 1. The number of allylic oxidation sites excluding steroid dienone is 2. The van der Waals surface area contributed by atoms with Gasteiger partial charge in [-0.3, -0.25) is 0 Å². The van der Waals surface area contributed by atoms with E-state index in [-0.39, 0.29) is 26.4 Å². The third-order valence-electron chi connectivity index (χ3n) is 3.66. The molecule has 0 spiro atoms. The first-order chi connectivity index (χ1) is 11.7. The molecule has 0 fully saturated rings. The van der Waals surface area contributed by atoms with E-state index in [0.717, 1.165) is 42.3 Å². The monoisotopic (exact) mass is 400 g/mol. The molecule has 0 aliphatic rings. The molecule has 1 atom stereocenters. The van der Waals surface area contributed by atoms with Crippen molar-refractivity contribution in [1.29, 1.82) is 0 Å². The van der Waals surface area contributed by atoms with E-state index in [4.69, 9.17) is 9.84 Å². The molecule has 134 valence electrons. The maximum atomic E-state index is 11.4. The molecule has 0 heterocycles. The summed E-state index contributed by atoms with van der Waals surface area (Å²) in [4.78, 5) is 11.1. The van der Waals surface area contributed by atoms with Crippen LogP contribution in [0.2, 0.25) is 4.82 Å². The molecular weight excluding hydrogens is 371 g/mol. The van der Waals surface area contributed by atoms with Gasteiger partial charge in [-0.25, -0.2) is 0 Å². The first kappa shape index (κ1) is 20.8. The number of benzene rings is 1. The molecule has 0 saturated heterocycles. The van der Waals surface area contributed by atoms with Crippen molar-refractivity contribution in [2.45, 2.75) is 49.8 Å². The molecule has 4 nitrogen and oxygen atoms in total. The quantitative estimate of drug-likeness (QED) is 0.304. The van der Waals surface area contributed by atoms with Crippen molar-refractivity contribution in [3.8, 4) is 5.75 Å². The Morgan fingerprint density at radius 1 is 1.12 bits per heavy atom. The van der Waals surface area contributed by atoms with Gasteiger partial charge in [-0.2, -0.15) is 0 Å². The zero-order chi connectivity index (χ0) is 17.6. The van der Waals surface area contributed by atoms with Crippen molar-refractivity contribution in [2.24, 2.45) is 0 Å². The maximum absolute atomic E-state index is 11.4. The molecule has 1 unspecified atom stereocenters. The predicted octanol–water partition coefficient (Wildman–Crippen LogP) is 3.18. The summed E-state index contributed by atoms with van der Waals surface area (Å²) in [6.45, 7) is 0.284. The van der Waals surface area contributed by atoms with E-state index < -0.39 is 5.97 Å². The van der Waals surface area contributed by atoms with Crippen LogP contribution in [0.15, 0.2) is 36.4 Å². The van der Waals surface area contributed by atoms with Crippen molar-refractivity contribution in [3.05, 3.63) is 36.4 Å². The Morgan fingerprint density at radius 3 is 2.42 bits per heavy atom. The van der Waals surface area contributed by atoms with Crippen LogP contribution in [0, 0.1) is 0 Å². The molecule has 1 rings (SSSR count). The first-order valence-electron chi connectivity index (χ1n) is 8.46. The zero-order valence-electron chi connectivity index (χ0n) is 14.3. The van der Waals surface area contributed by atoms with Gasteiger partial charge in [0.05, 0.1) is 0 Å². The van der Waals surface area contributed by atoms with Gasteiger partial charge >= 0.3 is 151 Å². The first-order valence-corrected chi connectivity index (χ1v) is 10.3. The summed E-state index contributed by atoms with van der Waals surface area (Å²) in [5, 5.41) is 18.1. The molecule has 0 radical (unpaired) electrons. The molecule has 0 aliphatic carbocycles. The summed E-state index contributed by atoms with van der Waals surface area (Å²) in [5.74, 6) is 0.0692. The van der Waals surface area contributed by atoms with Crippen LogP contribution in [-0.2, 0) is 4.79 Å². The SMILES string of the molecule is COc1ccc([Se]C(C/C=C/CCCCCCCO)C(=O)O)cc1. The van der Waals surface area contributed by atoms with Gasteiger partial charge in [-0.1, -0.05) is 0 Å². The summed E-state index contributed by atoms with van der Waals surface area (Å²) in [5.41, 5.74) is 0. The standard InChI is InChI=1S/C19H28O4Se/c1-23-16-11-13-17(14-12-16)24-18(19(21)22)10-8-6-4-2-3-5-7-9-15-20/h6,8,11-14,18,20H,2-5,7,9-10,15H2,1H3,(H,21,22)/b8-6+. The summed E-state index contributed by atoms with van der Waals surface area (Å²) in [7, 11) is 1.62. The van der Waals surface area contributed by atoms with E-state index in [1.165, 1.54) is 6.42 Å². The Morgan fingerprint density at radius 2 is 1.79 bits per heavy atom. The number of hydrogen-bond acceptors (Lipinski definition) is 3. The van der Waals surface area contributed by atoms with Crippen LogP contribution in [0.1, 0.15) is 44.9 Å². The van der Waals surface area contributed by atoms with Crippen molar-refractivity contribution in [2.75, 3.05) is 13.7 Å². The molecule has 1 aromatic rings. The second-order valence-electron chi connectivity index (χ2n) is 5.61. The zero-order valence-corrected chi connectivity index (χ0v) is 16.0. The Balaban J connectivity index is 2.30. The number of carboxylic acids is 1. The number of unbranched alkanes of at least 4 members (excludes halogenated alkanes) is 5. The summed E-state index contributed by atoms with van der Waals surface area (Å²) in [6, 6.07) is 7.65. The molecule has 24 heavy (non-hydrogen) atoms. The van der Waals surface area contributed by atoms with Gasteiger partial charge in [0.25, 0.3) is 0 Å². The number of carbonyl (C=O) groups is 1. The number of hydrogen-bond donors (Lipinski definition) is 2. The molecule has 2 N–H and O–H groups in total. The minimum absolute atomic E-state index is 0.0905. The predicted molar refractivity (Wildman–Crippen MR) is 98.3 cm³/mol. The summed E-state index contributed by atoms with van der Waals surface area (Å²) in [6.07, 6.45) is 11.1. The van der Waals surface area contributed by atoms with Crippen LogP contribution in [0.5, 0.6) is 5.75 Å². The third-order valence-corrected chi connectivity index (χ3v) is 6.22. The number of ether oxygens (including phenoxy) is 1. The molecule has 5 heteroatoms. The van der Waals surface area contributed by atoms with Gasteiger partial charge in [0.2, 0.25) is 0 Å². The van der Waals surface area contributed by atoms with Crippen LogP contribution >= 0.6 is 0 Å². The molecule has 0 saturated carbocycles. The van der Waals surface area contributed by atoms with Crippen LogP contribution in [0.25, 0.3) is 0 Å². The minimum atomic E-state index is -0.723. The molecular formula is C19H28O4Se. The van der Waals surface area contributed by atoms with Crippen molar-refractivity contribution >= 4 is 25.4 Å². The molecule has 0 aliphatic heterocycles. The number of aliphatic hydroxyl groups is 1. The summed E-state index contributed by atoms with van der Waals surface area (Å²) < 4.78 is 6.20. The second kappa shape index (κ2) is 13.1. The van der Waals surface area contributed by atoms with Gasteiger partial charge in [0.15, 0.2) is 0 Å².